The van der Waals surface area contributed by atoms with Crippen molar-refractivity contribution in [3.8, 4) is 0 Å². The number of sulfonamides is 1. The molecule has 0 aliphatic heterocycles. The average molecular weight is 351 g/mol. The Kier molecular flexibility index (Phi) is 5.05. The van der Waals surface area contributed by atoms with Crippen LogP contribution in [-0.4, -0.2) is 30.2 Å². The number of hydrogen-bond acceptors (Lipinski definition) is 4. The quantitative estimate of drug-likeness (QED) is 0.603. The van der Waals surface area contributed by atoms with E-state index in [1.165, 1.54) is 22.5 Å². The van der Waals surface area contributed by atoms with Gasteiger partial charge in [0.05, 0.1) is 4.92 Å². The van der Waals surface area contributed by atoms with Gasteiger partial charge in [0.25, 0.3) is 5.69 Å². The van der Waals surface area contributed by atoms with Crippen LogP contribution in [0.3, 0.4) is 0 Å². The fourth-order valence-corrected chi connectivity index (χ4v) is 4.13. The van der Waals surface area contributed by atoms with E-state index in [1.54, 1.807) is 20.8 Å². The van der Waals surface area contributed by atoms with Gasteiger partial charge in [-0.2, -0.15) is 4.31 Å². The third-order valence-corrected chi connectivity index (χ3v) is 5.27. The highest BCUT2D eigenvalue weighted by Crippen LogP contribution is 2.30. The summed E-state index contributed by atoms with van der Waals surface area (Å²) in [5.74, 6) is 0. The zero-order chi connectivity index (χ0) is 14.8. The number of nitro benzene ring substituents is 1. The number of rotatable bonds is 5. The van der Waals surface area contributed by atoms with E-state index in [0.29, 0.717) is 4.47 Å². The van der Waals surface area contributed by atoms with Gasteiger partial charge < -0.3 is 0 Å². The molecular formula is C11H15BrN2O4S. The van der Waals surface area contributed by atoms with Crippen molar-refractivity contribution in [1.82, 2.24) is 4.31 Å². The van der Waals surface area contributed by atoms with Gasteiger partial charge in [-0.15, -0.1) is 0 Å². The highest BCUT2D eigenvalue weighted by atomic mass is 79.9. The second kappa shape index (κ2) is 5.98. The molecule has 6 nitrogen and oxygen atoms in total. The molecule has 106 valence electrons. The first-order chi connectivity index (χ1) is 8.71. The van der Waals surface area contributed by atoms with Crippen LogP contribution in [0.2, 0.25) is 0 Å². The van der Waals surface area contributed by atoms with Gasteiger partial charge in [0.15, 0.2) is 4.90 Å². The van der Waals surface area contributed by atoms with Crippen LogP contribution >= 0.6 is 15.9 Å². The molecule has 0 saturated heterocycles. The predicted octanol–water partition coefficient (Wildman–Crippen LogP) is 2.78. The molecule has 0 fully saturated rings. The molecule has 0 N–H and O–H groups in total. The van der Waals surface area contributed by atoms with Crippen LogP contribution in [0.4, 0.5) is 5.69 Å². The lowest BCUT2D eigenvalue weighted by Crippen LogP contribution is -2.36. The standard InChI is InChI=1S/C11H15BrN2O4S/c1-4-13(8(2)3)19(17,18)11-7-9(12)5-6-10(11)14(15)16/h5-8H,4H2,1-3H3. The van der Waals surface area contributed by atoms with Crippen LogP contribution in [0, 0.1) is 10.1 Å². The molecular weight excluding hydrogens is 336 g/mol. The van der Waals surface area contributed by atoms with Gasteiger partial charge in [-0.1, -0.05) is 22.9 Å². The molecule has 0 radical (unpaired) electrons. The number of nitrogens with zero attached hydrogens (tertiary/aromatic N) is 2. The first kappa shape index (κ1) is 16.1. The van der Waals surface area contributed by atoms with Gasteiger partial charge in [0.1, 0.15) is 0 Å². The summed E-state index contributed by atoms with van der Waals surface area (Å²) in [6.45, 7) is 5.40. The van der Waals surface area contributed by atoms with E-state index in [4.69, 9.17) is 0 Å². The second-order valence-electron chi connectivity index (χ2n) is 4.17. The van der Waals surface area contributed by atoms with E-state index < -0.39 is 20.6 Å². The van der Waals surface area contributed by atoms with Crippen molar-refractivity contribution < 1.29 is 13.3 Å². The molecule has 0 saturated carbocycles. The Labute approximate surface area is 120 Å². The molecule has 0 aliphatic carbocycles. The molecule has 1 aromatic rings. The average Bonchev–Trinajstić information content (AvgIpc) is 2.28. The van der Waals surface area contributed by atoms with Crippen LogP contribution < -0.4 is 0 Å². The van der Waals surface area contributed by atoms with E-state index >= 15 is 0 Å². The largest absolute Gasteiger partial charge is 0.289 e. The summed E-state index contributed by atoms with van der Waals surface area (Å²) < 4.78 is 26.7. The van der Waals surface area contributed by atoms with Crippen molar-refractivity contribution in [1.29, 1.82) is 0 Å². The monoisotopic (exact) mass is 350 g/mol. The number of hydrogen-bond donors (Lipinski definition) is 0. The minimum absolute atomic E-state index is 0.254. The molecule has 0 aliphatic rings. The SMILES string of the molecule is CCN(C(C)C)S(=O)(=O)c1cc(Br)ccc1[N+](=O)[O-]. The molecule has 1 aromatic carbocycles. The summed E-state index contributed by atoms with van der Waals surface area (Å²) in [6, 6.07) is 3.63. The lowest BCUT2D eigenvalue weighted by molar-refractivity contribution is -0.387. The normalized spacial score (nSPS) is 12.1. The van der Waals surface area contributed by atoms with E-state index in [9.17, 15) is 18.5 Å². The van der Waals surface area contributed by atoms with Gasteiger partial charge in [0, 0.05) is 23.1 Å². The highest BCUT2D eigenvalue weighted by Gasteiger charge is 2.32. The highest BCUT2D eigenvalue weighted by molar-refractivity contribution is 9.10. The lowest BCUT2D eigenvalue weighted by Gasteiger charge is -2.24. The molecule has 0 spiro atoms. The zero-order valence-electron chi connectivity index (χ0n) is 10.8. The van der Waals surface area contributed by atoms with Crippen molar-refractivity contribution in [3.05, 3.63) is 32.8 Å². The van der Waals surface area contributed by atoms with Crippen molar-refractivity contribution in [3.63, 3.8) is 0 Å². The number of benzene rings is 1. The summed E-state index contributed by atoms with van der Waals surface area (Å²) >= 11 is 3.14. The van der Waals surface area contributed by atoms with E-state index in [2.05, 4.69) is 15.9 Å². The minimum atomic E-state index is -3.89. The van der Waals surface area contributed by atoms with E-state index in [1.807, 2.05) is 0 Å². The maximum atomic E-state index is 12.5. The first-order valence-corrected chi connectivity index (χ1v) is 7.91. The molecule has 0 bridgehead atoms. The fourth-order valence-electron chi connectivity index (χ4n) is 1.78. The lowest BCUT2D eigenvalue weighted by atomic mass is 10.3. The van der Waals surface area contributed by atoms with Gasteiger partial charge >= 0.3 is 0 Å². The fraction of sp³-hybridized carbons (Fsp3) is 0.455. The molecule has 0 amide bonds. The summed E-state index contributed by atoms with van der Waals surface area (Å²) in [5.41, 5.74) is -0.415. The molecule has 1 rings (SSSR count). The summed E-state index contributed by atoms with van der Waals surface area (Å²) in [5, 5.41) is 11.0. The Morgan fingerprint density at radius 3 is 2.42 bits per heavy atom. The number of nitro groups is 1. The Hall–Kier alpha value is -0.990. The van der Waals surface area contributed by atoms with Gasteiger partial charge in [-0.25, -0.2) is 8.42 Å². The van der Waals surface area contributed by atoms with Gasteiger partial charge in [0.2, 0.25) is 10.0 Å². The third kappa shape index (κ3) is 3.31. The molecule has 0 atom stereocenters. The van der Waals surface area contributed by atoms with E-state index in [0.717, 1.165) is 0 Å². The van der Waals surface area contributed by atoms with Crippen molar-refractivity contribution in [2.75, 3.05) is 6.54 Å². The molecule has 0 heterocycles. The minimum Gasteiger partial charge on any atom is -0.258 e. The van der Waals surface area contributed by atoms with Crippen LogP contribution in [0.1, 0.15) is 20.8 Å². The third-order valence-electron chi connectivity index (χ3n) is 2.59. The summed E-state index contributed by atoms with van der Waals surface area (Å²) in [6.07, 6.45) is 0. The van der Waals surface area contributed by atoms with Crippen LogP contribution in [0.5, 0.6) is 0 Å². The molecule has 0 unspecified atom stereocenters. The van der Waals surface area contributed by atoms with Crippen LogP contribution in [0.25, 0.3) is 0 Å². The maximum absolute atomic E-state index is 12.5. The van der Waals surface area contributed by atoms with Crippen molar-refractivity contribution in [2.24, 2.45) is 0 Å². The van der Waals surface area contributed by atoms with Crippen molar-refractivity contribution >= 4 is 31.6 Å². The second-order valence-corrected chi connectivity index (χ2v) is 6.95. The molecule has 0 aromatic heterocycles. The van der Waals surface area contributed by atoms with Crippen LogP contribution in [0.15, 0.2) is 27.6 Å². The maximum Gasteiger partial charge on any atom is 0.289 e. The Balaban J connectivity index is 3.51. The smallest absolute Gasteiger partial charge is 0.258 e. The van der Waals surface area contributed by atoms with Gasteiger partial charge in [-0.3, -0.25) is 10.1 Å². The van der Waals surface area contributed by atoms with E-state index in [-0.39, 0.29) is 17.5 Å². The van der Waals surface area contributed by atoms with Crippen molar-refractivity contribution in [2.45, 2.75) is 31.7 Å². The predicted molar refractivity (Wildman–Crippen MR) is 75.5 cm³/mol. The number of halogens is 1. The molecule has 19 heavy (non-hydrogen) atoms. The topological polar surface area (TPSA) is 80.5 Å². The van der Waals surface area contributed by atoms with Crippen LogP contribution in [-0.2, 0) is 10.0 Å². The summed E-state index contributed by atoms with van der Waals surface area (Å²) in [4.78, 5) is 9.99. The van der Waals surface area contributed by atoms with Gasteiger partial charge in [-0.05, 0) is 26.0 Å². The Morgan fingerprint density at radius 1 is 1.42 bits per heavy atom. The Bertz CT molecular complexity index is 586. The Morgan fingerprint density at radius 2 is 2.00 bits per heavy atom. The molecule has 8 heteroatoms. The zero-order valence-corrected chi connectivity index (χ0v) is 13.2. The summed E-state index contributed by atoms with van der Waals surface area (Å²) in [7, 11) is -3.89. The first-order valence-electron chi connectivity index (χ1n) is 5.67.